The molecule has 2 aromatic heterocycles. The molecule has 1 atom stereocenters. The van der Waals surface area contributed by atoms with Gasteiger partial charge < -0.3 is 10.5 Å². The molecule has 0 saturated heterocycles. The molecule has 1 aromatic carbocycles. The van der Waals surface area contributed by atoms with E-state index in [1.807, 2.05) is 30.3 Å². The molecule has 0 aliphatic heterocycles. The van der Waals surface area contributed by atoms with E-state index in [9.17, 15) is 0 Å². The van der Waals surface area contributed by atoms with Gasteiger partial charge in [-0.05, 0) is 29.7 Å². The maximum atomic E-state index is 6.28. The first-order valence-electron chi connectivity index (χ1n) is 8.32. The van der Waals surface area contributed by atoms with E-state index in [0.29, 0.717) is 17.5 Å². The van der Waals surface area contributed by atoms with Crippen molar-refractivity contribution in [3.8, 4) is 16.9 Å². The Balaban J connectivity index is 1.72. The Morgan fingerprint density at radius 3 is 2.73 bits per heavy atom. The fraction of sp³-hybridized carbons (Fsp3) is 0.143. The first-order chi connectivity index (χ1) is 12.7. The lowest BCUT2D eigenvalue weighted by Gasteiger charge is -2.14. The summed E-state index contributed by atoms with van der Waals surface area (Å²) < 4.78 is 5.84. The van der Waals surface area contributed by atoms with Crippen LogP contribution in [0.2, 0.25) is 5.15 Å². The minimum Gasteiger partial charge on any atom is -0.490 e. The number of benzene rings is 1. The molecule has 132 valence electrons. The molecule has 0 unspecified atom stereocenters. The van der Waals surface area contributed by atoms with Crippen LogP contribution in [0, 0.1) is 0 Å². The summed E-state index contributed by atoms with van der Waals surface area (Å²) in [5.74, 6) is 0.617. The molecule has 26 heavy (non-hydrogen) atoms. The second-order valence-corrected chi connectivity index (χ2v) is 6.30. The monoisotopic (exact) mass is 365 g/mol. The predicted octanol–water partition coefficient (Wildman–Crippen LogP) is 4.39. The zero-order chi connectivity index (χ0) is 18.4. The van der Waals surface area contributed by atoms with Gasteiger partial charge >= 0.3 is 0 Å². The van der Waals surface area contributed by atoms with E-state index in [2.05, 4.69) is 28.7 Å². The van der Waals surface area contributed by atoms with Gasteiger partial charge in [-0.25, -0.2) is 4.98 Å². The maximum absolute atomic E-state index is 6.28. The van der Waals surface area contributed by atoms with Crippen molar-refractivity contribution in [2.45, 2.75) is 12.5 Å². The van der Waals surface area contributed by atoms with Gasteiger partial charge in [-0.2, -0.15) is 0 Å². The van der Waals surface area contributed by atoms with Gasteiger partial charge in [0.25, 0.3) is 0 Å². The van der Waals surface area contributed by atoms with Crippen LogP contribution in [0.3, 0.4) is 0 Å². The van der Waals surface area contributed by atoms with Crippen LogP contribution in [0.4, 0.5) is 0 Å². The fourth-order valence-electron chi connectivity index (χ4n) is 2.68. The van der Waals surface area contributed by atoms with E-state index < -0.39 is 0 Å². The third-order valence-electron chi connectivity index (χ3n) is 3.98. The minimum atomic E-state index is -0.112. The number of ether oxygens (including phenoxy) is 1. The van der Waals surface area contributed by atoms with E-state index in [1.165, 1.54) is 5.56 Å². The Kier molecular flexibility index (Phi) is 6.00. The Morgan fingerprint density at radius 1 is 1.15 bits per heavy atom. The quantitative estimate of drug-likeness (QED) is 0.631. The Morgan fingerprint density at radius 2 is 1.96 bits per heavy atom. The SMILES string of the molecule is C=Cc1ccncc1-c1cc(OC[C@H](N)Cc2ccccc2)cnc1Cl. The number of halogens is 1. The molecule has 3 aromatic rings. The van der Waals surface area contributed by atoms with Crippen LogP contribution in [-0.2, 0) is 6.42 Å². The maximum Gasteiger partial charge on any atom is 0.138 e. The normalized spacial score (nSPS) is 11.8. The molecule has 3 rings (SSSR count). The van der Waals surface area contributed by atoms with Crippen molar-refractivity contribution < 1.29 is 4.74 Å². The van der Waals surface area contributed by atoms with Gasteiger partial charge in [-0.3, -0.25) is 4.98 Å². The summed E-state index contributed by atoms with van der Waals surface area (Å²) in [5, 5.41) is 0.391. The molecule has 4 nitrogen and oxygen atoms in total. The summed E-state index contributed by atoms with van der Waals surface area (Å²) >= 11 is 6.28. The van der Waals surface area contributed by atoms with E-state index in [1.54, 1.807) is 24.7 Å². The lowest BCUT2D eigenvalue weighted by atomic mass is 10.0. The van der Waals surface area contributed by atoms with Gasteiger partial charge in [0.2, 0.25) is 0 Å². The highest BCUT2D eigenvalue weighted by molar-refractivity contribution is 6.32. The largest absolute Gasteiger partial charge is 0.490 e. The zero-order valence-corrected chi connectivity index (χ0v) is 15.1. The number of aromatic nitrogens is 2. The van der Waals surface area contributed by atoms with Crippen LogP contribution in [0.25, 0.3) is 17.2 Å². The van der Waals surface area contributed by atoms with Crippen LogP contribution in [0.5, 0.6) is 5.75 Å². The number of rotatable bonds is 7. The Bertz CT molecular complexity index is 883. The fourth-order valence-corrected chi connectivity index (χ4v) is 2.89. The highest BCUT2D eigenvalue weighted by atomic mass is 35.5. The molecule has 0 fully saturated rings. The molecule has 0 radical (unpaired) electrons. The smallest absolute Gasteiger partial charge is 0.138 e. The Hall–Kier alpha value is -2.69. The average Bonchev–Trinajstić information content (AvgIpc) is 2.68. The number of hydrogen-bond donors (Lipinski definition) is 1. The van der Waals surface area contributed by atoms with Crippen LogP contribution in [0.1, 0.15) is 11.1 Å². The number of nitrogens with two attached hydrogens (primary N) is 1. The second-order valence-electron chi connectivity index (χ2n) is 5.94. The number of pyridine rings is 2. The van der Waals surface area contributed by atoms with Crippen molar-refractivity contribution in [1.29, 1.82) is 0 Å². The standard InChI is InChI=1S/C21H20ClN3O/c1-2-16-8-9-24-13-20(16)19-11-18(12-25-21(19)22)26-14-17(23)10-15-6-4-3-5-7-15/h2-9,11-13,17H,1,10,14,23H2/t17-/m1/s1. The lowest BCUT2D eigenvalue weighted by Crippen LogP contribution is -2.30. The molecule has 2 N–H and O–H groups in total. The molecule has 0 saturated carbocycles. The van der Waals surface area contributed by atoms with E-state index in [0.717, 1.165) is 23.1 Å². The van der Waals surface area contributed by atoms with Crippen LogP contribution < -0.4 is 10.5 Å². The van der Waals surface area contributed by atoms with Crippen LogP contribution in [0.15, 0.2) is 67.6 Å². The summed E-state index contributed by atoms with van der Waals surface area (Å²) in [7, 11) is 0. The summed E-state index contributed by atoms with van der Waals surface area (Å²) in [5.41, 5.74) is 9.91. The topological polar surface area (TPSA) is 61.0 Å². The van der Waals surface area contributed by atoms with E-state index in [-0.39, 0.29) is 6.04 Å². The average molecular weight is 366 g/mol. The summed E-state index contributed by atoms with van der Waals surface area (Å²) in [6, 6.07) is 13.7. The molecule has 0 spiro atoms. The van der Waals surface area contributed by atoms with Crippen molar-refractivity contribution in [2.75, 3.05) is 6.61 Å². The number of nitrogens with zero attached hydrogens (tertiary/aromatic N) is 2. The first kappa shape index (κ1) is 18.1. The second kappa shape index (κ2) is 8.61. The van der Waals surface area contributed by atoms with Gasteiger partial charge in [0.05, 0.1) is 6.20 Å². The molecule has 0 amide bonds. The van der Waals surface area contributed by atoms with E-state index in [4.69, 9.17) is 22.1 Å². The highest BCUT2D eigenvalue weighted by Crippen LogP contribution is 2.31. The Labute approximate surface area is 158 Å². The van der Waals surface area contributed by atoms with Crippen molar-refractivity contribution in [3.05, 3.63) is 83.9 Å². The molecule has 0 aliphatic rings. The molecule has 0 bridgehead atoms. The lowest BCUT2D eigenvalue weighted by molar-refractivity contribution is 0.287. The van der Waals surface area contributed by atoms with Gasteiger partial charge in [-0.1, -0.05) is 54.6 Å². The molecule has 0 aliphatic carbocycles. The first-order valence-corrected chi connectivity index (χ1v) is 8.70. The predicted molar refractivity (Wildman–Crippen MR) is 106 cm³/mol. The summed E-state index contributed by atoms with van der Waals surface area (Å²) in [6.45, 7) is 4.22. The minimum absolute atomic E-state index is 0.112. The van der Waals surface area contributed by atoms with Crippen molar-refractivity contribution in [1.82, 2.24) is 9.97 Å². The molecule has 5 heteroatoms. The van der Waals surface area contributed by atoms with Crippen molar-refractivity contribution in [3.63, 3.8) is 0 Å². The van der Waals surface area contributed by atoms with Crippen molar-refractivity contribution in [2.24, 2.45) is 5.73 Å². The van der Waals surface area contributed by atoms with Gasteiger partial charge in [-0.15, -0.1) is 0 Å². The molecular formula is C21H20ClN3O. The third-order valence-corrected chi connectivity index (χ3v) is 4.28. The zero-order valence-electron chi connectivity index (χ0n) is 14.3. The van der Waals surface area contributed by atoms with Gasteiger partial charge in [0.15, 0.2) is 0 Å². The van der Waals surface area contributed by atoms with Crippen molar-refractivity contribution >= 4 is 17.7 Å². The van der Waals surface area contributed by atoms with Crippen LogP contribution in [-0.4, -0.2) is 22.6 Å². The summed E-state index contributed by atoms with van der Waals surface area (Å²) in [6.07, 6.45) is 7.56. The van der Waals surface area contributed by atoms with Gasteiger partial charge in [0, 0.05) is 29.6 Å². The van der Waals surface area contributed by atoms with Gasteiger partial charge in [0.1, 0.15) is 17.5 Å². The van der Waals surface area contributed by atoms with E-state index >= 15 is 0 Å². The molecule has 2 heterocycles. The molecular weight excluding hydrogens is 346 g/mol. The third kappa shape index (κ3) is 4.48. The number of hydrogen-bond acceptors (Lipinski definition) is 4. The highest BCUT2D eigenvalue weighted by Gasteiger charge is 2.11. The van der Waals surface area contributed by atoms with Crippen LogP contribution >= 0.6 is 11.6 Å². The summed E-state index contributed by atoms with van der Waals surface area (Å²) in [4.78, 5) is 8.40.